The molecule has 0 aliphatic carbocycles. The van der Waals surface area contributed by atoms with Gasteiger partial charge in [0, 0.05) is 5.56 Å². The lowest BCUT2D eigenvalue weighted by atomic mass is 10.0. The summed E-state index contributed by atoms with van der Waals surface area (Å²) in [5, 5.41) is 15.8. The first-order chi connectivity index (χ1) is 19.2. The molecule has 5 aromatic rings. The zero-order chi connectivity index (χ0) is 28.3. The van der Waals surface area contributed by atoms with E-state index in [0.29, 0.717) is 11.3 Å². The third-order valence-corrected chi connectivity index (χ3v) is 6.72. The number of hydrogen-bond donors (Lipinski definition) is 1. The maximum atomic E-state index is 13.2. The normalized spacial score (nSPS) is 11.8. The molecule has 0 fully saturated rings. The molecule has 0 atom stereocenters. The number of halogens is 4. The van der Waals surface area contributed by atoms with Crippen LogP contribution in [-0.2, 0) is 17.6 Å². The van der Waals surface area contributed by atoms with E-state index >= 15 is 0 Å². The number of nitrogens with zero attached hydrogens (tertiary/aromatic N) is 1. The van der Waals surface area contributed by atoms with E-state index in [1.807, 2.05) is 78.9 Å². The predicted molar refractivity (Wildman–Crippen MR) is 151 cm³/mol. The van der Waals surface area contributed by atoms with Crippen molar-refractivity contribution in [3.63, 3.8) is 0 Å². The van der Waals surface area contributed by atoms with Crippen molar-refractivity contribution < 1.29 is 22.7 Å². The highest BCUT2D eigenvalue weighted by Crippen LogP contribution is 2.35. The third-order valence-electron chi connectivity index (χ3n) is 6.39. The summed E-state index contributed by atoms with van der Waals surface area (Å²) in [6.45, 7) is 0.231. The Bertz CT molecular complexity index is 1820. The van der Waals surface area contributed by atoms with E-state index < -0.39 is 17.6 Å². The molecule has 0 saturated heterocycles. The Morgan fingerprint density at radius 3 is 2.30 bits per heavy atom. The van der Waals surface area contributed by atoms with E-state index in [0.717, 1.165) is 45.3 Å². The number of anilines is 1. The molecular formula is C32H20ClF3N2O2. The van der Waals surface area contributed by atoms with Gasteiger partial charge in [-0.3, -0.25) is 4.79 Å². The molecule has 0 bridgehead atoms. The molecule has 0 unspecified atom stereocenters. The van der Waals surface area contributed by atoms with E-state index in [-0.39, 0.29) is 22.9 Å². The summed E-state index contributed by atoms with van der Waals surface area (Å²) in [5.74, 6) is -0.471. The molecule has 198 valence electrons. The molecule has 0 aliphatic rings. The van der Waals surface area contributed by atoms with Gasteiger partial charge in [-0.1, -0.05) is 84.4 Å². The van der Waals surface area contributed by atoms with Crippen LogP contribution in [0, 0.1) is 11.3 Å². The van der Waals surface area contributed by atoms with Crippen molar-refractivity contribution in [2.45, 2.75) is 12.8 Å². The fourth-order valence-electron chi connectivity index (χ4n) is 4.40. The Kier molecular flexibility index (Phi) is 7.45. The minimum atomic E-state index is -4.63. The smallest absolute Gasteiger partial charge is 0.416 e. The number of amides is 1. The molecular weight excluding hydrogens is 537 g/mol. The lowest BCUT2D eigenvalue weighted by molar-refractivity contribution is -0.137. The number of nitrogens with one attached hydrogen (secondary N) is 1. The molecule has 8 heteroatoms. The summed E-state index contributed by atoms with van der Waals surface area (Å²) in [5.41, 5.74) is -0.125. The molecule has 0 heterocycles. The van der Waals surface area contributed by atoms with Crippen LogP contribution in [0.25, 0.3) is 27.6 Å². The van der Waals surface area contributed by atoms with E-state index in [1.54, 1.807) is 6.07 Å². The number of ether oxygens (including phenoxy) is 1. The minimum absolute atomic E-state index is 0.0945. The Labute approximate surface area is 232 Å². The molecule has 4 nitrogen and oxygen atoms in total. The number of hydrogen-bond acceptors (Lipinski definition) is 3. The summed E-state index contributed by atoms with van der Waals surface area (Å²) in [4.78, 5) is 13.1. The van der Waals surface area contributed by atoms with Gasteiger partial charge in [0.1, 0.15) is 24.0 Å². The molecule has 1 amide bonds. The third kappa shape index (κ3) is 5.63. The Balaban J connectivity index is 1.51. The van der Waals surface area contributed by atoms with Crippen molar-refractivity contribution in [1.29, 1.82) is 5.26 Å². The second kappa shape index (κ2) is 11.1. The van der Waals surface area contributed by atoms with E-state index in [4.69, 9.17) is 16.3 Å². The van der Waals surface area contributed by atoms with Gasteiger partial charge in [-0.15, -0.1) is 0 Å². The molecule has 1 N–H and O–H groups in total. The summed E-state index contributed by atoms with van der Waals surface area (Å²) in [6.07, 6.45) is -3.26. The maximum Gasteiger partial charge on any atom is 0.416 e. The average Bonchev–Trinajstić information content (AvgIpc) is 2.95. The second-order valence-corrected chi connectivity index (χ2v) is 9.35. The molecule has 5 aromatic carbocycles. The van der Waals surface area contributed by atoms with Gasteiger partial charge in [0.05, 0.1) is 16.3 Å². The van der Waals surface area contributed by atoms with Crippen LogP contribution in [0.5, 0.6) is 5.75 Å². The van der Waals surface area contributed by atoms with Crippen LogP contribution in [0.1, 0.15) is 16.7 Å². The fraction of sp³-hybridized carbons (Fsp3) is 0.0625. The topological polar surface area (TPSA) is 62.1 Å². The number of alkyl halides is 3. The van der Waals surface area contributed by atoms with Crippen molar-refractivity contribution in [3.8, 4) is 11.8 Å². The van der Waals surface area contributed by atoms with Gasteiger partial charge in [0.2, 0.25) is 0 Å². The first-order valence-electron chi connectivity index (χ1n) is 12.2. The highest BCUT2D eigenvalue weighted by molar-refractivity contribution is 6.34. The number of nitriles is 1. The summed E-state index contributed by atoms with van der Waals surface area (Å²) >= 11 is 6.04. The van der Waals surface area contributed by atoms with Crippen molar-refractivity contribution >= 4 is 50.8 Å². The molecule has 0 aromatic heterocycles. The van der Waals surface area contributed by atoms with E-state index in [1.165, 1.54) is 6.08 Å². The van der Waals surface area contributed by atoms with Gasteiger partial charge in [-0.25, -0.2) is 0 Å². The van der Waals surface area contributed by atoms with Gasteiger partial charge in [-0.05, 0) is 57.4 Å². The summed E-state index contributed by atoms with van der Waals surface area (Å²) in [7, 11) is 0. The van der Waals surface area contributed by atoms with Crippen molar-refractivity contribution in [3.05, 3.63) is 124 Å². The zero-order valence-electron chi connectivity index (χ0n) is 20.8. The van der Waals surface area contributed by atoms with Crippen LogP contribution in [0.3, 0.4) is 0 Å². The van der Waals surface area contributed by atoms with Crippen LogP contribution in [-0.4, -0.2) is 5.91 Å². The predicted octanol–water partition coefficient (Wildman–Crippen LogP) is 8.79. The largest absolute Gasteiger partial charge is 0.488 e. The first-order valence-corrected chi connectivity index (χ1v) is 12.5. The number of carbonyl (C=O) groups is 1. The van der Waals surface area contributed by atoms with Gasteiger partial charge in [0.25, 0.3) is 5.91 Å². The fourth-order valence-corrected chi connectivity index (χ4v) is 4.57. The molecule has 40 heavy (non-hydrogen) atoms. The van der Waals surface area contributed by atoms with Gasteiger partial charge < -0.3 is 10.1 Å². The van der Waals surface area contributed by atoms with Crippen molar-refractivity contribution in [1.82, 2.24) is 0 Å². The lowest BCUT2D eigenvalue weighted by Gasteiger charge is -2.14. The molecule has 0 radical (unpaired) electrons. The number of carbonyl (C=O) groups excluding carboxylic acids is 1. The molecule has 0 spiro atoms. The number of rotatable bonds is 6. The SMILES string of the molecule is N#C/C(=C\c1c(OCc2cccc3ccccc23)ccc2ccccc12)C(=O)Nc1cc(C(F)(F)F)ccc1Cl. The minimum Gasteiger partial charge on any atom is -0.488 e. The Morgan fingerprint density at radius 1 is 0.900 bits per heavy atom. The van der Waals surface area contributed by atoms with Gasteiger partial charge in [-0.2, -0.15) is 18.4 Å². The van der Waals surface area contributed by atoms with Crippen LogP contribution >= 0.6 is 11.6 Å². The highest BCUT2D eigenvalue weighted by atomic mass is 35.5. The first kappa shape index (κ1) is 26.8. The highest BCUT2D eigenvalue weighted by Gasteiger charge is 2.31. The van der Waals surface area contributed by atoms with Crippen LogP contribution in [0.15, 0.2) is 103 Å². The monoisotopic (exact) mass is 556 g/mol. The maximum absolute atomic E-state index is 13.2. The Hall–Kier alpha value is -4.80. The van der Waals surface area contributed by atoms with Crippen LogP contribution in [0.4, 0.5) is 18.9 Å². The van der Waals surface area contributed by atoms with Crippen LogP contribution < -0.4 is 10.1 Å². The molecule has 5 rings (SSSR count). The number of benzene rings is 5. The van der Waals surface area contributed by atoms with E-state index in [2.05, 4.69) is 5.32 Å². The summed E-state index contributed by atoms with van der Waals surface area (Å²) in [6, 6.07) is 29.3. The van der Waals surface area contributed by atoms with Crippen LogP contribution in [0.2, 0.25) is 5.02 Å². The Morgan fingerprint density at radius 2 is 1.57 bits per heavy atom. The molecule has 0 aliphatic heterocycles. The van der Waals surface area contributed by atoms with Crippen molar-refractivity contribution in [2.75, 3.05) is 5.32 Å². The molecule has 0 saturated carbocycles. The summed E-state index contributed by atoms with van der Waals surface area (Å²) < 4.78 is 45.8. The second-order valence-electron chi connectivity index (χ2n) is 8.94. The van der Waals surface area contributed by atoms with Crippen molar-refractivity contribution in [2.24, 2.45) is 0 Å². The number of fused-ring (bicyclic) bond motifs is 2. The van der Waals surface area contributed by atoms with Gasteiger partial charge >= 0.3 is 6.18 Å². The lowest BCUT2D eigenvalue weighted by Crippen LogP contribution is -2.15. The average molecular weight is 557 g/mol. The standard InChI is InChI=1S/C32H20ClF3N2O2/c33-28-14-13-24(32(34,35)36)17-29(28)38-31(39)23(18-37)16-27-26-11-4-2-7-21(26)12-15-30(27)40-19-22-9-5-8-20-6-1-3-10-25(20)22/h1-17H,19H2,(H,38,39)/b23-16+. The quantitative estimate of drug-likeness (QED) is 0.168. The van der Waals surface area contributed by atoms with E-state index in [9.17, 15) is 23.2 Å². The zero-order valence-corrected chi connectivity index (χ0v) is 21.6. The van der Waals surface area contributed by atoms with Gasteiger partial charge in [0.15, 0.2) is 0 Å².